The molecule has 2 aromatic rings. The van der Waals surface area contributed by atoms with Gasteiger partial charge in [-0.15, -0.1) is 0 Å². The van der Waals surface area contributed by atoms with Crippen LogP contribution in [0.3, 0.4) is 0 Å². The van der Waals surface area contributed by atoms with Gasteiger partial charge in [0.25, 0.3) is 0 Å². The average Bonchev–Trinajstić information content (AvgIpc) is 2.76. The molecule has 0 amide bonds. The monoisotopic (exact) mass is 431 g/mol. The smallest absolute Gasteiger partial charge is 0.161 e. The van der Waals surface area contributed by atoms with Crippen molar-refractivity contribution in [2.75, 3.05) is 51.4 Å². The molecule has 1 fully saturated rings. The van der Waals surface area contributed by atoms with E-state index >= 15 is 0 Å². The first-order chi connectivity index (χ1) is 14.6. The molecule has 0 bridgehead atoms. The molecule has 1 atom stereocenters. The Morgan fingerprint density at radius 2 is 2.03 bits per heavy atom. The topological polar surface area (TPSA) is 66.8 Å². The van der Waals surface area contributed by atoms with E-state index in [1.54, 1.807) is 7.11 Å². The van der Waals surface area contributed by atoms with Gasteiger partial charge in [0.2, 0.25) is 0 Å². The van der Waals surface area contributed by atoms with Gasteiger partial charge in [0.15, 0.2) is 11.5 Å². The van der Waals surface area contributed by atoms with Gasteiger partial charge in [0.05, 0.1) is 7.11 Å². The highest BCUT2D eigenvalue weighted by atomic mass is 32.2. The molecular formula is C23H33N3O3S. The minimum absolute atomic E-state index is 0.265. The van der Waals surface area contributed by atoms with Crippen molar-refractivity contribution >= 4 is 11.8 Å². The molecule has 0 unspecified atom stereocenters. The maximum absolute atomic E-state index is 10.3. The van der Waals surface area contributed by atoms with Crippen molar-refractivity contribution in [1.82, 2.24) is 15.2 Å². The van der Waals surface area contributed by atoms with E-state index < -0.39 is 6.10 Å². The zero-order valence-electron chi connectivity index (χ0n) is 18.0. The number of rotatable bonds is 11. The van der Waals surface area contributed by atoms with Crippen LogP contribution in [0.25, 0.3) is 0 Å². The second-order valence-electron chi connectivity index (χ2n) is 7.56. The maximum Gasteiger partial charge on any atom is 0.161 e. The van der Waals surface area contributed by atoms with E-state index in [1.165, 1.54) is 0 Å². The number of aromatic nitrogens is 1. The van der Waals surface area contributed by atoms with Gasteiger partial charge in [-0.25, -0.2) is 0 Å². The van der Waals surface area contributed by atoms with Crippen molar-refractivity contribution < 1.29 is 14.6 Å². The summed E-state index contributed by atoms with van der Waals surface area (Å²) in [5, 5.41) is 13.8. The van der Waals surface area contributed by atoms with Crippen LogP contribution in [-0.4, -0.2) is 72.5 Å². The summed E-state index contributed by atoms with van der Waals surface area (Å²) < 4.78 is 11.3. The predicted octanol–water partition coefficient (Wildman–Crippen LogP) is 2.52. The number of nitrogens with one attached hydrogen (secondary N) is 1. The Balaban J connectivity index is 1.43. The molecule has 1 aromatic carbocycles. The number of methoxy groups -OCH3 is 1. The van der Waals surface area contributed by atoms with Gasteiger partial charge in [-0.05, 0) is 36.8 Å². The summed E-state index contributed by atoms with van der Waals surface area (Å²) in [5.41, 5.74) is 3.28. The van der Waals surface area contributed by atoms with Crippen molar-refractivity contribution in [3.8, 4) is 11.5 Å². The summed E-state index contributed by atoms with van der Waals surface area (Å²) in [6.07, 6.45) is 0.391. The number of benzene rings is 1. The van der Waals surface area contributed by atoms with Crippen LogP contribution in [0.5, 0.6) is 11.5 Å². The van der Waals surface area contributed by atoms with Crippen LogP contribution in [0.4, 0.5) is 0 Å². The standard InChI is InChI=1S/C23H33N3O3S/c1-18-4-3-5-20(25-18)8-9-24-15-19-6-7-22(23(14-19)28-2)29-17-21(27)16-26-10-12-30-13-11-26/h3-7,14,21,24,27H,8-13,15-17H2,1-2H3/t21-/m1/s1. The van der Waals surface area contributed by atoms with Gasteiger partial charge in [-0.1, -0.05) is 12.1 Å². The number of aliphatic hydroxyl groups is 1. The molecule has 0 saturated carbocycles. The van der Waals surface area contributed by atoms with Gasteiger partial charge >= 0.3 is 0 Å². The fourth-order valence-corrected chi connectivity index (χ4v) is 4.43. The molecule has 2 heterocycles. The van der Waals surface area contributed by atoms with Crippen molar-refractivity contribution in [2.45, 2.75) is 26.0 Å². The molecule has 0 spiro atoms. The van der Waals surface area contributed by atoms with Gasteiger partial charge in [-0.3, -0.25) is 9.88 Å². The molecule has 1 aliphatic heterocycles. The quantitative estimate of drug-likeness (QED) is 0.530. The van der Waals surface area contributed by atoms with Crippen LogP contribution in [0.2, 0.25) is 0 Å². The van der Waals surface area contributed by atoms with Gasteiger partial charge in [0.1, 0.15) is 12.7 Å². The first-order valence-electron chi connectivity index (χ1n) is 10.5. The highest BCUT2D eigenvalue weighted by Crippen LogP contribution is 2.28. The minimum atomic E-state index is -0.505. The first kappa shape index (κ1) is 22.9. The van der Waals surface area contributed by atoms with E-state index in [9.17, 15) is 5.11 Å². The highest BCUT2D eigenvalue weighted by molar-refractivity contribution is 7.99. The Bertz CT molecular complexity index is 784. The molecule has 1 aliphatic rings. The van der Waals surface area contributed by atoms with Crippen molar-refractivity contribution in [1.29, 1.82) is 0 Å². The third kappa shape index (κ3) is 7.47. The minimum Gasteiger partial charge on any atom is -0.493 e. The van der Waals surface area contributed by atoms with Crippen molar-refractivity contribution in [2.24, 2.45) is 0 Å². The molecule has 2 N–H and O–H groups in total. The fraction of sp³-hybridized carbons (Fsp3) is 0.522. The third-order valence-electron chi connectivity index (χ3n) is 5.06. The van der Waals surface area contributed by atoms with E-state index in [0.717, 1.165) is 61.1 Å². The van der Waals surface area contributed by atoms with Crippen LogP contribution in [0.1, 0.15) is 17.0 Å². The van der Waals surface area contributed by atoms with Crippen LogP contribution < -0.4 is 14.8 Å². The fourth-order valence-electron chi connectivity index (χ4n) is 3.45. The lowest BCUT2D eigenvalue weighted by molar-refractivity contribution is 0.0705. The highest BCUT2D eigenvalue weighted by Gasteiger charge is 2.16. The van der Waals surface area contributed by atoms with Crippen LogP contribution in [0.15, 0.2) is 36.4 Å². The summed E-state index contributed by atoms with van der Waals surface area (Å²) >= 11 is 1.97. The lowest BCUT2D eigenvalue weighted by Gasteiger charge is -2.28. The van der Waals surface area contributed by atoms with E-state index in [0.29, 0.717) is 18.0 Å². The number of nitrogens with zero attached hydrogens (tertiary/aromatic N) is 2. The Labute approximate surface area is 184 Å². The number of aliphatic hydroxyl groups excluding tert-OH is 1. The van der Waals surface area contributed by atoms with E-state index in [4.69, 9.17) is 9.47 Å². The van der Waals surface area contributed by atoms with E-state index in [-0.39, 0.29) is 6.61 Å². The molecule has 1 saturated heterocycles. The van der Waals surface area contributed by atoms with E-state index in [2.05, 4.69) is 21.3 Å². The lowest BCUT2D eigenvalue weighted by atomic mass is 10.2. The number of aryl methyl sites for hydroxylation is 1. The van der Waals surface area contributed by atoms with E-state index in [1.807, 2.05) is 49.0 Å². The third-order valence-corrected chi connectivity index (χ3v) is 6.01. The first-order valence-corrected chi connectivity index (χ1v) is 11.7. The Hall–Kier alpha value is -1.80. The lowest BCUT2D eigenvalue weighted by Crippen LogP contribution is -2.40. The Morgan fingerprint density at radius 3 is 2.80 bits per heavy atom. The second-order valence-corrected chi connectivity index (χ2v) is 8.78. The Kier molecular flexibility index (Phi) is 9.27. The summed E-state index contributed by atoms with van der Waals surface area (Å²) in [6.45, 7) is 6.61. The molecule has 0 radical (unpaired) electrons. The number of ether oxygens (including phenoxy) is 2. The normalized spacial score (nSPS) is 15.7. The molecule has 0 aliphatic carbocycles. The largest absolute Gasteiger partial charge is 0.493 e. The maximum atomic E-state index is 10.3. The van der Waals surface area contributed by atoms with Crippen LogP contribution >= 0.6 is 11.8 Å². The molecular weight excluding hydrogens is 398 g/mol. The molecule has 3 rings (SSSR count). The molecule has 164 valence electrons. The summed E-state index contributed by atoms with van der Waals surface area (Å²) in [6, 6.07) is 12.1. The number of β-amino-alcohol motifs (C(OH)–C–C–N with tert-alkyl or cyclic N) is 1. The number of pyridine rings is 1. The van der Waals surface area contributed by atoms with Crippen LogP contribution in [0, 0.1) is 6.92 Å². The van der Waals surface area contributed by atoms with Gasteiger partial charge in [0, 0.05) is 62.0 Å². The zero-order valence-corrected chi connectivity index (χ0v) is 18.8. The summed E-state index contributed by atoms with van der Waals surface area (Å²) in [4.78, 5) is 6.82. The number of hydrogen-bond donors (Lipinski definition) is 2. The SMILES string of the molecule is COc1cc(CNCCc2cccc(C)n2)ccc1OC[C@H](O)CN1CCSCC1. The number of hydrogen-bond acceptors (Lipinski definition) is 7. The predicted molar refractivity (Wildman–Crippen MR) is 123 cm³/mol. The van der Waals surface area contributed by atoms with Crippen molar-refractivity contribution in [3.05, 3.63) is 53.3 Å². The van der Waals surface area contributed by atoms with Gasteiger partial charge in [-0.2, -0.15) is 11.8 Å². The summed E-state index contributed by atoms with van der Waals surface area (Å²) in [7, 11) is 1.64. The van der Waals surface area contributed by atoms with Gasteiger partial charge < -0.3 is 19.9 Å². The second kappa shape index (κ2) is 12.2. The summed E-state index contributed by atoms with van der Waals surface area (Å²) in [5.74, 6) is 3.63. The molecule has 7 heteroatoms. The number of thioether (sulfide) groups is 1. The zero-order chi connectivity index (χ0) is 21.2. The molecule has 6 nitrogen and oxygen atoms in total. The van der Waals surface area contributed by atoms with Crippen LogP contribution in [-0.2, 0) is 13.0 Å². The Morgan fingerprint density at radius 1 is 1.20 bits per heavy atom. The average molecular weight is 432 g/mol. The van der Waals surface area contributed by atoms with Crippen molar-refractivity contribution in [3.63, 3.8) is 0 Å². The molecule has 1 aromatic heterocycles. The molecule has 30 heavy (non-hydrogen) atoms.